The SMILES string of the molecule is Cc1cccc(-n2nc(NCc3cnn(C)c3)cc2-c2ccc3ncsc3c2)n1. The van der Waals surface area contributed by atoms with Crippen molar-refractivity contribution in [2.45, 2.75) is 13.5 Å². The Morgan fingerprint density at radius 2 is 2.07 bits per heavy atom. The molecule has 8 heteroatoms. The van der Waals surface area contributed by atoms with E-state index in [-0.39, 0.29) is 0 Å². The number of pyridine rings is 1. The van der Waals surface area contributed by atoms with Crippen LogP contribution in [0.3, 0.4) is 0 Å². The number of aromatic nitrogens is 6. The first-order valence-electron chi connectivity index (χ1n) is 9.25. The number of anilines is 1. The van der Waals surface area contributed by atoms with E-state index in [4.69, 9.17) is 5.10 Å². The molecule has 0 amide bonds. The molecule has 0 aliphatic carbocycles. The third-order valence-corrected chi connectivity index (χ3v) is 5.45. The van der Waals surface area contributed by atoms with Gasteiger partial charge in [0.25, 0.3) is 0 Å². The van der Waals surface area contributed by atoms with Crippen molar-refractivity contribution in [3.05, 3.63) is 71.6 Å². The maximum Gasteiger partial charge on any atom is 0.154 e. The fourth-order valence-electron chi connectivity index (χ4n) is 3.26. The van der Waals surface area contributed by atoms with Gasteiger partial charge in [-0.2, -0.15) is 5.10 Å². The molecule has 0 bridgehead atoms. The van der Waals surface area contributed by atoms with E-state index in [1.165, 1.54) is 0 Å². The maximum absolute atomic E-state index is 4.79. The lowest BCUT2D eigenvalue weighted by Crippen LogP contribution is -2.04. The molecule has 0 aliphatic heterocycles. The molecule has 0 unspecified atom stereocenters. The molecule has 0 saturated heterocycles. The van der Waals surface area contributed by atoms with Crippen molar-refractivity contribution >= 4 is 27.4 Å². The van der Waals surface area contributed by atoms with Crippen LogP contribution in [0.4, 0.5) is 5.82 Å². The second kappa shape index (κ2) is 7.14. The van der Waals surface area contributed by atoms with Crippen molar-refractivity contribution in [2.24, 2.45) is 7.05 Å². The third-order valence-electron chi connectivity index (χ3n) is 4.66. The minimum atomic E-state index is 0.652. The summed E-state index contributed by atoms with van der Waals surface area (Å²) >= 11 is 1.64. The molecular weight excluding hydrogens is 382 g/mol. The Bertz CT molecular complexity index is 1300. The van der Waals surface area contributed by atoms with E-state index in [2.05, 4.69) is 38.6 Å². The van der Waals surface area contributed by atoms with Crippen LogP contribution >= 0.6 is 11.3 Å². The predicted molar refractivity (Wildman–Crippen MR) is 115 cm³/mol. The highest BCUT2D eigenvalue weighted by Crippen LogP contribution is 2.29. The molecule has 7 nitrogen and oxygen atoms in total. The average molecular weight is 401 g/mol. The van der Waals surface area contributed by atoms with Crippen LogP contribution in [0.15, 0.2) is 60.4 Å². The summed E-state index contributed by atoms with van der Waals surface area (Å²) in [5, 5.41) is 12.4. The zero-order valence-electron chi connectivity index (χ0n) is 16.1. The minimum Gasteiger partial charge on any atom is -0.364 e. The van der Waals surface area contributed by atoms with Crippen LogP contribution in [-0.2, 0) is 13.6 Å². The molecule has 0 radical (unpaired) electrons. The summed E-state index contributed by atoms with van der Waals surface area (Å²) in [7, 11) is 1.91. The largest absolute Gasteiger partial charge is 0.364 e. The summed E-state index contributed by atoms with van der Waals surface area (Å²) in [6, 6.07) is 14.3. The fourth-order valence-corrected chi connectivity index (χ4v) is 3.98. The van der Waals surface area contributed by atoms with Crippen molar-refractivity contribution in [1.82, 2.24) is 29.5 Å². The molecule has 0 aliphatic rings. The van der Waals surface area contributed by atoms with Crippen molar-refractivity contribution < 1.29 is 0 Å². The molecule has 5 aromatic rings. The lowest BCUT2D eigenvalue weighted by atomic mass is 10.1. The Morgan fingerprint density at radius 3 is 2.90 bits per heavy atom. The summed E-state index contributed by atoms with van der Waals surface area (Å²) in [5.74, 6) is 1.58. The first kappa shape index (κ1) is 17.6. The van der Waals surface area contributed by atoms with Crippen LogP contribution in [-0.4, -0.2) is 29.5 Å². The number of rotatable bonds is 5. The molecule has 0 saturated carbocycles. The van der Waals surface area contributed by atoms with Crippen molar-refractivity contribution in [2.75, 3.05) is 5.32 Å². The lowest BCUT2D eigenvalue weighted by Gasteiger charge is -2.07. The van der Waals surface area contributed by atoms with Gasteiger partial charge < -0.3 is 5.32 Å². The zero-order chi connectivity index (χ0) is 19.8. The Labute approximate surface area is 171 Å². The molecule has 0 atom stereocenters. The normalized spacial score (nSPS) is 11.2. The zero-order valence-corrected chi connectivity index (χ0v) is 16.9. The Balaban J connectivity index is 1.56. The maximum atomic E-state index is 4.79. The Hall–Kier alpha value is -3.52. The van der Waals surface area contributed by atoms with Gasteiger partial charge in [0.15, 0.2) is 5.82 Å². The van der Waals surface area contributed by atoms with E-state index < -0.39 is 0 Å². The molecule has 0 spiro atoms. The Morgan fingerprint density at radius 1 is 1.14 bits per heavy atom. The van der Waals surface area contributed by atoms with Crippen LogP contribution in [0, 0.1) is 6.92 Å². The van der Waals surface area contributed by atoms with Gasteiger partial charge in [0.2, 0.25) is 0 Å². The molecule has 144 valence electrons. The number of hydrogen-bond acceptors (Lipinski definition) is 6. The Kier molecular flexibility index (Phi) is 4.33. The van der Waals surface area contributed by atoms with Gasteiger partial charge in [-0.3, -0.25) is 4.68 Å². The first-order valence-corrected chi connectivity index (χ1v) is 10.1. The number of aryl methyl sites for hydroxylation is 2. The molecule has 1 aromatic carbocycles. The number of nitrogens with zero attached hydrogens (tertiary/aromatic N) is 6. The molecule has 4 aromatic heterocycles. The smallest absolute Gasteiger partial charge is 0.154 e. The van der Waals surface area contributed by atoms with Gasteiger partial charge >= 0.3 is 0 Å². The fraction of sp³-hybridized carbons (Fsp3) is 0.143. The number of nitrogens with one attached hydrogen (secondary N) is 1. The van der Waals surface area contributed by atoms with E-state index >= 15 is 0 Å². The number of benzene rings is 1. The summed E-state index contributed by atoms with van der Waals surface area (Å²) in [5.41, 5.74) is 6.98. The average Bonchev–Trinajstić information content (AvgIpc) is 3.45. The molecular formula is C21H19N7S. The predicted octanol–water partition coefficient (Wildman–Crippen LogP) is 4.20. The van der Waals surface area contributed by atoms with Crippen LogP contribution in [0.25, 0.3) is 27.3 Å². The molecule has 29 heavy (non-hydrogen) atoms. The van der Waals surface area contributed by atoms with Gasteiger partial charge in [0.1, 0.15) is 5.82 Å². The molecule has 0 fully saturated rings. The molecule has 4 heterocycles. The van der Waals surface area contributed by atoms with Crippen LogP contribution in [0.2, 0.25) is 0 Å². The summed E-state index contributed by atoms with van der Waals surface area (Å²) < 4.78 is 4.83. The van der Waals surface area contributed by atoms with Gasteiger partial charge in [0.05, 0.1) is 27.6 Å². The van der Waals surface area contributed by atoms with Gasteiger partial charge in [-0.25, -0.2) is 14.6 Å². The topological polar surface area (TPSA) is 73.5 Å². The third kappa shape index (κ3) is 3.50. The van der Waals surface area contributed by atoms with E-state index in [0.29, 0.717) is 6.54 Å². The minimum absolute atomic E-state index is 0.652. The second-order valence-electron chi connectivity index (χ2n) is 6.87. The summed E-state index contributed by atoms with van der Waals surface area (Å²) in [6.07, 6.45) is 3.84. The van der Waals surface area contributed by atoms with E-state index in [9.17, 15) is 0 Å². The van der Waals surface area contributed by atoms with Crippen LogP contribution in [0.1, 0.15) is 11.3 Å². The molecule has 5 rings (SSSR count). The first-order chi connectivity index (χ1) is 14.2. The van der Waals surface area contributed by atoms with Crippen molar-refractivity contribution in [3.8, 4) is 17.1 Å². The van der Waals surface area contributed by atoms with E-state index in [1.807, 2.05) is 60.8 Å². The van der Waals surface area contributed by atoms with Gasteiger partial charge in [-0.05, 0) is 31.2 Å². The van der Waals surface area contributed by atoms with Gasteiger partial charge in [-0.1, -0.05) is 12.1 Å². The van der Waals surface area contributed by atoms with E-state index in [0.717, 1.165) is 44.4 Å². The monoisotopic (exact) mass is 401 g/mol. The number of thiazole rings is 1. The van der Waals surface area contributed by atoms with E-state index in [1.54, 1.807) is 16.0 Å². The highest BCUT2D eigenvalue weighted by molar-refractivity contribution is 7.16. The molecule has 1 N–H and O–H groups in total. The lowest BCUT2D eigenvalue weighted by molar-refractivity contribution is 0.767. The quantitative estimate of drug-likeness (QED) is 0.478. The number of fused-ring (bicyclic) bond motifs is 1. The highest BCUT2D eigenvalue weighted by Gasteiger charge is 2.14. The number of hydrogen-bond donors (Lipinski definition) is 1. The standard InChI is InChI=1S/C21H19N7S/c1-14-4-3-5-21(25-14)28-18(16-6-7-17-19(8-16)29-13-23-17)9-20(26-28)22-10-15-11-24-27(2)12-15/h3-9,11-13H,10H2,1-2H3,(H,22,26). The highest BCUT2D eigenvalue weighted by atomic mass is 32.1. The second-order valence-corrected chi connectivity index (χ2v) is 7.76. The van der Waals surface area contributed by atoms with Crippen molar-refractivity contribution in [1.29, 1.82) is 0 Å². The van der Waals surface area contributed by atoms with Gasteiger partial charge in [-0.15, -0.1) is 16.4 Å². The van der Waals surface area contributed by atoms with Crippen molar-refractivity contribution in [3.63, 3.8) is 0 Å². The summed E-state index contributed by atoms with van der Waals surface area (Å²) in [6.45, 7) is 2.64. The summed E-state index contributed by atoms with van der Waals surface area (Å²) in [4.78, 5) is 9.05. The van der Waals surface area contributed by atoms with Gasteiger partial charge in [0, 0.05) is 42.7 Å². The van der Waals surface area contributed by atoms with Crippen LogP contribution < -0.4 is 5.32 Å². The van der Waals surface area contributed by atoms with Crippen LogP contribution in [0.5, 0.6) is 0 Å².